The molecule has 2 N–H and O–H groups in total. The molecule has 1 unspecified atom stereocenters. The first-order chi connectivity index (χ1) is 9.45. The molecule has 0 saturated heterocycles. The van der Waals surface area contributed by atoms with E-state index in [1.807, 2.05) is 23.1 Å². The van der Waals surface area contributed by atoms with Crippen molar-refractivity contribution >= 4 is 17.3 Å². The Morgan fingerprint density at radius 1 is 1.40 bits per heavy atom. The first kappa shape index (κ1) is 15.3. The van der Waals surface area contributed by atoms with E-state index >= 15 is 0 Å². The average Bonchev–Trinajstić information content (AvgIpc) is 2.99. The molecule has 0 amide bonds. The first-order valence-electron chi connectivity index (χ1n) is 7.49. The van der Waals surface area contributed by atoms with E-state index in [0.29, 0.717) is 6.04 Å². The Bertz CT molecular complexity index is 416. The Balaban J connectivity index is 1.91. The van der Waals surface area contributed by atoms with E-state index in [9.17, 15) is 0 Å². The van der Waals surface area contributed by atoms with Crippen LogP contribution in [-0.2, 0) is 6.54 Å². The van der Waals surface area contributed by atoms with Gasteiger partial charge in [-0.2, -0.15) is 5.10 Å². The molecule has 1 aromatic rings. The minimum Gasteiger partial charge on any atom is -0.360 e. The third-order valence-corrected chi connectivity index (χ3v) is 4.21. The van der Waals surface area contributed by atoms with E-state index in [0.717, 1.165) is 11.7 Å². The van der Waals surface area contributed by atoms with Gasteiger partial charge in [-0.25, -0.2) is 0 Å². The van der Waals surface area contributed by atoms with Gasteiger partial charge in [0.1, 0.15) is 0 Å². The number of nitrogens with zero attached hydrogens (tertiary/aromatic N) is 2. The summed E-state index contributed by atoms with van der Waals surface area (Å²) in [5.41, 5.74) is 0.118. The molecule has 4 nitrogen and oxygen atoms in total. The molecule has 0 radical (unpaired) electrons. The second-order valence-electron chi connectivity index (χ2n) is 6.75. The highest BCUT2D eigenvalue weighted by Crippen LogP contribution is 2.21. The lowest BCUT2D eigenvalue weighted by Crippen LogP contribution is -2.51. The summed E-state index contributed by atoms with van der Waals surface area (Å²) < 4.78 is 1.96. The maximum atomic E-state index is 5.48. The fourth-order valence-electron chi connectivity index (χ4n) is 2.59. The van der Waals surface area contributed by atoms with Crippen LogP contribution in [0.25, 0.3) is 0 Å². The van der Waals surface area contributed by atoms with Gasteiger partial charge in [-0.1, -0.05) is 33.6 Å². The van der Waals surface area contributed by atoms with Crippen LogP contribution in [0.1, 0.15) is 46.5 Å². The van der Waals surface area contributed by atoms with Crippen LogP contribution in [0.5, 0.6) is 0 Å². The van der Waals surface area contributed by atoms with Gasteiger partial charge in [0.15, 0.2) is 5.11 Å². The molecule has 20 heavy (non-hydrogen) atoms. The average molecular weight is 294 g/mol. The van der Waals surface area contributed by atoms with Gasteiger partial charge in [-0.3, -0.25) is 4.68 Å². The van der Waals surface area contributed by atoms with Gasteiger partial charge >= 0.3 is 0 Å². The lowest BCUT2D eigenvalue weighted by Gasteiger charge is -2.33. The largest absolute Gasteiger partial charge is 0.360 e. The molecule has 1 aliphatic rings. The Morgan fingerprint density at radius 3 is 2.65 bits per heavy atom. The van der Waals surface area contributed by atoms with Crippen LogP contribution in [0.4, 0.5) is 0 Å². The summed E-state index contributed by atoms with van der Waals surface area (Å²) >= 11 is 5.48. The van der Waals surface area contributed by atoms with E-state index in [2.05, 4.69) is 36.5 Å². The van der Waals surface area contributed by atoms with Crippen LogP contribution in [0.15, 0.2) is 18.5 Å². The quantitative estimate of drug-likeness (QED) is 0.838. The Morgan fingerprint density at radius 2 is 2.10 bits per heavy atom. The van der Waals surface area contributed by atoms with Crippen LogP contribution >= 0.6 is 12.2 Å². The zero-order chi connectivity index (χ0) is 14.6. The van der Waals surface area contributed by atoms with E-state index in [1.165, 1.54) is 25.7 Å². The second kappa shape index (κ2) is 6.57. The molecule has 1 aliphatic carbocycles. The van der Waals surface area contributed by atoms with Crippen LogP contribution < -0.4 is 10.6 Å². The lowest BCUT2D eigenvalue weighted by molar-refractivity contribution is 0.260. The number of thiocarbonyl (C=S) groups is 1. The standard InChI is InChI=1S/C15H26N4S/c1-15(2,3)13(11-19-10-6-9-16-19)18-14(20)17-12-7-4-5-8-12/h6,9-10,12-13H,4-5,7-8,11H2,1-3H3,(H2,17,18,20). The van der Waals surface area contributed by atoms with Crippen molar-refractivity contribution in [2.45, 2.75) is 65.1 Å². The molecule has 1 heterocycles. The van der Waals surface area contributed by atoms with Crippen molar-refractivity contribution in [1.29, 1.82) is 0 Å². The van der Waals surface area contributed by atoms with E-state index in [-0.39, 0.29) is 11.5 Å². The third-order valence-electron chi connectivity index (χ3n) is 3.97. The Labute approximate surface area is 127 Å². The van der Waals surface area contributed by atoms with Gasteiger partial charge in [0.2, 0.25) is 0 Å². The van der Waals surface area contributed by atoms with Crippen molar-refractivity contribution in [2.24, 2.45) is 5.41 Å². The maximum Gasteiger partial charge on any atom is 0.166 e. The second-order valence-corrected chi connectivity index (χ2v) is 7.15. The highest BCUT2D eigenvalue weighted by atomic mass is 32.1. The maximum absolute atomic E-state index is 5.48. The molecule has 1 atom stereocenters. The van der Waals surface area contributed by atoms with Crippen molar-refractivity contribution in [2.75, 3.05) is 0 Å². The molecule has 1 aromatic heterocycles. The molecule has 5 heteroatoms. The number of nitrogens with one attached hydrogen (secondary N) is 2. The van der Waals surface area contributed by atoms with Crippen LogP contribution in [-0.4, -0.2) is 27.0 Å². The predicted molar refractivity (Wildman–Crippen MR) is 86.6 cm³/mol. The van der Waals surface area contributed by atoms with Gasteiger partial charge in [0.05, 0.1) is 12.6 Å². The monoisotopic (exact) mass is 294 g/mol. The van der Waals surface area contributed by atoms with E-state index in [1.54, 1.807) is 0 Å². The lowest BCUT2D eigenvalue weighted by atomic mass is 9.87. The molecule has 0 aromatic carbocycles. The van der Waals surface area contributed by atoms with Crippen molar-refractivity contribution in [3.63, 3.8) is 0 Å². The summed E-state index contributed by atoms with van der Waals surface area (Å²) in [4.78, 5) is 0. The number of rotatable bonds is 4. The predicted octanol–water partition coefficient (Wildman–Crippen LogP) is 2.70. The summed E-state index contributed by atoms with van der Waals surface area (Å²) in [7, 11) is 0. The number of hydrogen-bond acceptors (Lipinski definition) is 2. The summed E-state index contributed by atoms with van der Waals surface area (Å²) in [5, 5.41) is 12.0. The first-order valence-corrected chi connectivity index (χ1v) is 7.90. The van der Waals surface area contributed by atoms with Gasteiger partial charge in [-0.15, -0.1) is 0 Å². The molecular weight excluding hydrogens is 268 g/mol. The van der Waals surface area contributed by atoms with Crippen molar-refractivity contribution in [3.8, 4) is 0 Å². The van der Waals surface area contributed by atoms with Gasteiger partial charge in [0, 0.05) is 18.4 Å². The summed E-state index contributed by atoms with van der Waals surface area (Å²) in [6.07, 6.45) is 8.91. The highest BCUT2D eigenvalue weighted by molar-refractivity contribution is 7.80. The fourth-order valence-corrected chi connectivity index (χ4v) is 2.90. The molecule has 0 bridgehead atoms. The fraction of sp³-hybridized carbons (Fsp3) is 0.733. The van der Waals surface area contributed by atoms with Crippen molar-refractivity contribution in [1.82, 2.24) is 20.4 Å². The highest BCUT2D eigenvalue weighted by Gasteiger charge is 2.26. The van der Waals surface area contributed by atoms with Crippen LogP contribution in [0, 0.1) is 5.41 Å². The topological polar surface area (TPSA) is 41.9 Å². The molecule has 1 fully saturated rings. The zero-order valence-corrected chi connectivity index (χ0v) is 13.5. The molecule has 1 saturated carbocycles. The van der Waals surface area contributed by atoms with Crippen molar-refractivity contribution in [3.05, 3.63) is 18.5 Å². The summed E-state index contributed by atoms with van der Waals surface area (Å²) in [6.45, 7) is 7.51. The normalized spacial score (nSPS) is 17.9. The van der Waals surface area contributed by atoms with E-state index in [4.69, 9.17) is 12.2 Å². The minimum absolute atomic E-state index is 0.118. The summed E-state index contributed by atoms with van der Waals surface area (Å²) in [5.74, 6) is 0. The SMILES string of the molecule is CC(C)(C)C(Cn1cccn1)NC(=S)NC1CCCC1. The Kier molecular flexibility index (Phi) is 5.02. The molecule has 2 rings (SSSR count). The molecule has 0 spiro atoms. The minimum atomic E-state index is 0.118. The molecule has 0 aliphatic heterocycles. The smallest absolute Gasteiger partial charge is 0.166 e. The van der Waals surface area contributed by atoms with Gasteiger partial charge in [0.25, 0.3) is 0 Å². The molecule has 112 valence electrons. The number of aromatic nitrogens is 2. The summed E-state index contributed by atoms with van der Waals surface area (Å²) in [6, 6.07) is 2.76. The van der Waals surface area contributed by atoms with Gasteiger partial charge < -0.3 is 10.6 Å². The number of hydrogen-bond donors (Lipinski definition) is 2. The third kappa shape index (κ3) is 4.47. The van der Waals surface area contributed by atoms with Crippen molar-refractivity contribution < 1.29 is 0 Å². The Hall–Kier alpha value is -1.10. The zero-order valence-electron chi connectivity index (χ0n) is 12.7. The van der Waals surface area contributed by atoms with Crippen LogP contribution in [0.3, 0.4) is 0 Å². The van der Waals surface area contributed by atoms with Crippen LogP contribution in [0.2, 0.25) is 0 Å². The van der Waals surface area contributed by atoms with E-state index < -0.39 is 0 Å². The molecular formula is C15H26N4S. The van der Waals surface area contributed by atoms with Gasteiger partial charge in [-0.05, 0) is 36.5 Å².